The predicted octanol–water partition coefficient (Wildman–Crippen LogP) is 4.30. The molecule has 2 aromatic heterocycles. The van der Waals surface area contributed by atoms with Crippen molar-refractivity contribution in [1.82, 2.24) is 29.4 Å². The molecule has 0 saturated carbocycles. The summed E-state index contributed by atoms with van der Waals surface area (Å²) in [4.78, 5) is 25.4. The Morgan fingerprint density at radius 2 is 1.91 bits per heavy atom. The number of amides is 1. The number of fused-ring (bicyclic) bond motifs is 2. The highest BCUT2D eigenvalue weighted by Gasteiger charge is 2.49. The zero-order chi connectivity index (χ0) is 31.7. The van der Waals surface area contributed by atoms with E-state index in [0.717, 1.165) is 22.9 Å². The lowest BCUT2D eigenvalue weighted by Crippen LogP contribution is -2.59. The van der Waals surface area contributed by atoms with E-state index in [4.69, 9.17) is 21.3 Å². The van der Waals surface area contributed by atoms with Crippen molar-refractivity contribution in [3.05, 3.63) is 53.5 Å². The SMILES string of the molecule is C=CC(=O)N1CC2(CCN(c3nc(OC4CCN(S(C)(=O)=O)CC4)nc4c(F)c(-c5c(C)ccc6[nH]ncc56)c(Cl)cc34)C2)C1. The monoisotopic (exact) mass is 653 g/mol. The number of aromatic nitrogens is 4. The van der Waals surface area contributed by atoms with Gasteiger partial charge in [-0.1, -0.05) is 24.2 Å². The lowest BCUT2D eigenvalue weighted by molar-refractivity contribution is -0.136. The van der Waals surface area contributed by atoms with E-state index in [1.807, 2.05) is 19.1 Å². The van der Waals surface area contributed by atoms with Crippen molar-refractivity contribution in [2.45, 2.75) is 32.3 Å². The van der Waals surface area contributed by atoms with E-state index < -0.39 is 15.8 Å². The van der Waals surface area contributed by atoms with Crippen LogP contribution in [0.5, 0.6) is 6.01 Å². The van der Waals surface area contributed by atoms with Crippen molar-refractivity contribution in [2.75, 3.05) is 50.4 Å². The summed E-state index contributed by atoms with van der Waals surface area (Å²) in [7, 11) is -3.30. The number of benzene rings is 2. The molecule has 4 aromatic rings. The zero-order valence-corrected chi connectivity index (χ0v) is 26.6. The maximum atomic E-state index is 16.8. The minimum Gasteiger partial charge on any atom is -0.460 e. The number of rotatable bonds is 6. The van der Waals surface area contributed by atoms with Gasteiger partial charge in [0.1, 0.15) is 17.4 Å². The molecule has 0 aliphatic carbocycles. The molecular formula is C31H33ClFN7O4S. The average Bonchev–Trinajstić information content (AvgIpc) is 3.65. The molecule has 5 heterocycles. The first-order chi connectivity index (χ1) is 21.5. The van der Waals surface area contributed by atoms with E-state index in [1.165, 1.54) is 16.6 Å². The molecule has 3 aliphatic heterocycles. The van der Waals surface area contributed by atoms with Gasteiger partial charge < -0.3 is 14.5 Å². The molecule has 0 atom stereocenters. The Hall–Kier alpha value is -3.81. The van der Waals surface area contributed by atoms with Gasteiger partial charge in [-0.15, -0.1) is 0 Å². The number of anilines is 1. The highest BCUT2D eigenvalue weighted by Crippen LogP contribution is 2.45. The molecule has 11 nitrogen and oxygen atoms in total. The first-order valence-corrected chi connectivity index (χ1v) is 17.1. The lowest BCUT2D eigenvalue weighted by Gasteiger charge is -2.47. The summed E-state index contributed by atoms with van der Waals surface area (Å²) in [5.74, 6) is -0.164. The van der Waals surface area contributed by atoms with Gasteiger partial charge in [0.05, 0.1) is 23.0 Å². The van der Waals surface area contributed by atoms with Crippen LogP contribution in [-0.4, -0.2) is 95.3 Å². The van der Waals surface area contributed by atoms with Gasteiger partial charge in [-0.2, -0.15) is 15.1 Å². The number of hydrogen-bond donors (Lipinski definition) is 1. The maximum absolute atomic E-state index is 16.8. The first kappa shape index (κ1) is 29.9. The van der Waals surface area contributed by atoms with Crippen molar-refractivity contribution < 1.29 is 22.3 Å². The zero-order valence-electron chi connectivity index (χ0n) is 25.0. The molecule has 45 heavy (non-hydrogen) atoms. The molecule has 1 spiro atoms. The number of carbonyl (C=O) groups is 1. The molecule has 0 radical (unpaired) electrons. The molecule has 236 valence electrons. The summed E-state index contributed by atoms with van der Waals surface area (Å²) >= 11 is 6.89. The number of aryl methyl sites for hydroxylation is 1. The van der Waals surface area contributed by atoms with Gasteiger partial charge in [0.15, 0.2) is 5.82 Å². The minimum absolute atomic E-state index is 0.0266. The third kappa shape index (κ3) is 5.20. The topological polar surface area (TPSA) is 125 Å². The number of nitrogens with one attached hydrogen (secondary N) is 1. The molecule has 0 bridgehead atoms. The van der Waals surface area contributed by atoms with Gasteiger partial charge in [-0.25, -0.2) is 17.1 Å². The number of nitrogens with zero attached hydrogens (tertiary/aromatic N) is 6. The fourth-order valence-corrected chi connectivity index (χ4v) is 8.15. The fraction of sp³-hybridized carbons (Fsp3) is 0.419. The Morgan fingerprint density at radius 3 is 2.62 bits per heavy atom. The lowest BCUT2D eigenvalue weighted by atomic mass is 9.79. The number of likely N-dealkylation sites (tertiary alicyclic amines) is 1. The van der Waals surface area contributed by atoms with Crippen molar-refractivity contribution in [2.24, 2.45) is 5.41 Å². The normalized spacial score (nSPS) is 19.0. The van der Waals surface area contributed by atoms with Crippen LogP contribution in [0.25, 0.3) is 32.9 Å². The highest BCUT2D eigenvalue weighted by atomic mass is 35.5. The van der Waals surface area contributed by atoms with Crippen LogP contribution in [0.3, 0.4) is 0 Å². The van der Waals surface area contributed by atoms with Gasteiger partial charge in [-0.3, -0.25) is 9.89 Å². The second kappa shape index (κ2) is 10.9. The van der Waals surface area contributed by atoms with Crippen molar-refractivity contribution in [3.8, 4) is 17.1 Å². The summed E-state index contributed by atoms with van der Waals surface area (Å²) in [6, 6.07) is 5.53. The maximum Gasteiger partial charge on any atom is 0.319 e. The molecule has 7 rings (SSSR count). The molecule has 2 aromatic carbocycles. The molecule has 3 saturated heterocycles. The molecule has 0 unspecified atom stereocenters. The third-order valence-corrected chi connectivity index (χ3v) is 10.9. The smallest absolute Gasteiger partial charge is 0.319 e. The molecular weight excluding hydrogens is 621 g/mol. The second-order valence-electron chi connectivity index (χ2n) is 12.4. The van der Waals surface area contributed by atoms with Crippen LogP contribution in [0.4, 0.5) is 10.2 Å². The number of H-pyrrole nitrogens is 1. The number of sulfonamides is 1. The Morgan fingerprint density at radius 1 is 1.16 bits per heavy atom. The van der Waals surface area contributed by atoms with Crippen LogP contribution in [-0.2, 0) is 14.8 Å². The van der Waals surface area contributed by atoms with Crippen LogP contribution in [0.15, 0.2) is 37.1 Å². The van der Waals surface area contributed by atoms with Crippen LogP contribution in [0.2, 0.25) is 5.02 Å². The van der Waals surface area contributed by atoms with E-state index in [2.05, 4.69) is 26.7 Å². The Labute approximate surface area is 265 Å². The standard InChI is InChI=1S/C31H33ClFN7O4S/c1-4-24(41)39-16-31(17-39)9-12-38(15-31)29-20-13-22(32)26(25-18(2)5-6-23-21(25)14-34-37-23)27(33)28(20)35-30(36-29)44-19-7-10-40(11-8-19)45(3,42)43/h4-6,13-14,19H,1,7-12,15-17H2,2-3H3,(H,34,37). The van der Waals surface area contributed by atoms with Crippen molar-refractivity contribution in [1.29, 1.82) is 0 Å². The van der Waals surface area contributed by atoms with E-state index >= 15 is 4.39 Å². The molecule has 1 amide bonds. The first-order valence-electron chi connectivity index (χ1n) is 14.9. The number of ether oxygens (including phenoxy) is 1. The van der Waals surface area contributed by atoms with E-state index in [1.54, 1.807) is 17.2 Å². The molecule has 14 heteroatoms. The third-order valence-electron chi connectivity index (χ3n) is 9.34. The number of carbonyl (C=O) groups excluding carboxylic acids is 1. The fourth-order valence-electron chi connectivity index (χ4n) is 6.99. The van der Waals surface area contributed by atoms with Crippen LogP contribution in [0.1, 0.15) is 24.8 Å². The van der Waals surface area contributed by atoms with Gasteiger partial charge in [0.2, 0.25) is 15.9 Å². The predicted molar refractivity (Wildman–Crippen MR) is 170 cm³/mol. The van der Waals surface area contributed by atoms with Gasteiger partial charge in [0, 0.05) is 66.6 Å². The van der Waals surface area contributed by atoms with Crippen molar-refractivity contribution >= 4 is 55.2 Å². The summed E-state index contributed by atoms with van der Waals surface area (Å²) in [6.07, 6.45) is 5.61. The molecule has 3 aliphatic rings. The van der Waals surface area contributed by atoms with Gasteiger partial charge >= 0.3 is 6.01 Å². The number of aromatic amines is 1. The Bertz CT molecular complexity index is 1970. The van der Waals surface area contributed by atoms with Crippen LogP contribution in [0, 0.1) is 18.2 Å². The largest absolute Gasteiger partial charge is 0.460 e. The van der Waals surface area contributed by atoms with E-state index in [0.29, 0.717) is 68.9 Å². The number of piperidine rings is 1. The minimum atomic E-state index is -3.30. The summed E-state index contributed by atoms with van der Waals surface area (Å²) in [5, 5.41) is 8.52. The molecule has 3 fully saturated rings. The summed E-state index contributed by atoms with van der Waals surface area (Å²) in [6.45, 7) is 8.65. The second-order valence-corrected chi connectivity index (χ2v) is 14.8. The summed E-state index contributed by atoms with van der Waals surface area (Å²) in [5.41, 5.74) is 2.43. The quantitative estimate of drug-likeness (QED) is 0.306. The number of hydrogen-bond acceptors (Lipinski definition) is 8. The van der Waals surface area contributed by atoms with E-state index in [-0.39, 0.29) is 39.5 Å². The highest BCUT2D eigenvalue weighted by molar-refractivity contribution is 7.88. The van der Waals surface area contributed by atoms with Crippen LogP contribution >= 0.6 is 11.6 Å². The Kier molecular flexibility index (Phi) is 7.25. The van der Waals surface area contributed by atoms with Crippen LogP contribution < -0.4 is 9.64 Å². The summed E-state index contributed by atoms with van der Waals surface area (Å²) < 4.78 is 48.5. The van der Waals surface area contributed by atoms with Gasteiger partial charge in [-0.05, 0) is 50.0 Å². The van der Waals surface area contributed by atoms with E-state index in [9.17, 15) is 13.2 Å². The Balaban J connectivity index is 1.30. The molecule has 1 N–H and O–H groups in total. The average molecular weight is 654 g/mol. The van der Waals surface area contributed by atoms with Gasteiger partial charge in [0.25, 0.3) is 0 Å². The van der Waals surface area contributed by atoms with Crippen molar-refractivity contribution in [3.63, 3.8) is 0 Å². The number of halogens is 2.